The number of benzene rings is 2. The largest absolute Gasteiger partial charge is 0.378 e. The van der Waals surface area contributed by atoms with Gasteiger partial charge in [-0.15, -0.1) is 0 Å². The highest BCUT2D eigenvalue weighted by atomic mass is 16.2. The molecule has 0 aliphatic rings. The molecule has 0 aliphatic heterocycles. The summed E-state index contributed by atoms with van der Waals surface area (Å²) in [6.07, 6.45) is 0. The van der Waals surface area contributed by atoms with Gasteiger partial charge in [-0.1, -0.05) is 12.1 Å². The Hall–Kier alpha value is -2.82. The second kappa shape index (κ2) is 6.96. The highest BCUT2D eigenvalue weighted by Crippen LogP contribution is 2.17. The number of carbonyl (C=O) groups is 2. The third-order valence-corrected chi connectivity index (χ3v) is 3.31. The van der Waals surface area contributed by atoms with Gasteiger partial charge in [-0.2, -0.15) is 0 Å². The van der Waals surface area contributed by atoms with E-state index in [1.54, 1.807) is 6.07 Å². The van der Waals surface area contributed by atoms with E-state index in [4.69, 9.17) is 0 Å². The van der Waals surface area contributed by atoms with Crippen molar-refractivity contribution in [2.45, 2.75) is 13.8 Å². The topological polar surface area (TPSA) is 61.4 Å². The van der Waals surface area contributed by atoms with E-state index in [1.165, 1.54) is 0 Å². The predicted octanol–water partition coefficient (Wildman–Crippen LogP) is 2.95. The molecular weight excluding hydrogens is 290 g/mol. The van der Waals surface area contributed by atoms with Gasteiger partial charge in [0.2, 0.25) is 0 Å². The first-order chi connectivity index (χ1) is 10.8. The van der Waals surface area contributed by atoms with E-state index in [-0.39, 0.29) is 0 Å². The summed E-state index contributed by atoms with van der Waals surface area (Å²) in [5.41, 5.74) is 4.19. The van der Waals surface area contributed by atoms with Gasteiger partial charge in [0.05, 0.1) is 0 Å². The number of nitrogens with one attached hydrogen (secondary N) is 2. The summed E-state index contributed by atoms with van der Waals surface area (Å²) in [7, 11) is 3.82. The van der Waals surface area contributed by atoms with Gasteiger partial charge in [0.15, 0.2) is 0 Å². The number of carbonyl (C=O) groups excluding carboxylic acids is 2. The number of aryl methyl sites for hydroxylation is 2. The second-order valence-corrected chi connectivity index (χ2v) is 5.73. The second-order valence-electron chi connectivity index (χ2n) is 5.73. The summed E-state index contributed by atoms with van der Waals surface area (Å²) in [5.74, 6) is -1.38. The molecule has 23 heavy (non-hydrogen) atoms. The minimum Gasteiger partial charge on any atom is -0.378 e. The molecule has 0 saturated carbocycles. The molecule has 0 bridgehead atoms. The van der Waals surface area contributed by atoms with Crippen LogP contribution in [-0.2, 0) is 9.59 Å². The van der Waals surface area contributed by atoms with Crippen molar-refractivity contribution in [1.29, 1.82) is 0 Å². The van der Waals surface area contributed by atoms with Crippen molar-refractivity contribution in [1.82, 2.24) is 0 Å². The zero-order valence-corrected chi connectivity index (χ0v) is 13.8. The SMILES string of the molecule is Cc1cc(C)cc(NC(=O)C(=O)Nc2cccc(N(C)C)c2)c1. The maximum Gasteiger partial charge on any atom is 0.314 e. The molecule has 0 saturated heterocycles. The van der Waals surface area contributed by atoms with Gasteiger partial charge in [0.1, 0.15) is 0 Å². The van der Waals surface area contributed by atoms with Crippen LogP contribution in [0.5, 0.6) is 0 Å². The first-order valence-electron chi connectivity index (χ1n) is 7.33. The van der Waals surface area contributed by atoms with Crippen LogP contribution in [-0.4, -0.2) is 25.9 Å². The van der Waals surface area contributed by atoms with Gasteiger partial charge in [0, 0.05) is 31.2 Å². The first kappa shape index (κ1) is 16.5. The van der Waals surface area contributed by atoms with Crippen LogP contribution >= 0.6 is 0 Å². The number of anilines is 3. The minimum absolute atomic E-state index is 0.580. The summed E-state index contributed by atoms with van der Waals surface area (Å²) in [6.45, 7) is 3.88. The van der Waals surface area contributed by atoms with E-state index in [0.717, 1.165) is 16.8 Å². The van der Waals surface area contributed by atoms with Crippen molar-refractivity contribution in [2.24, 2.45) is 0 Å². The molecule has 0 atom stereocenters. The molecule has 0 aromatic heterocycles. The Morgan fingerprint density at radius 1 is 0.826 bits per heavy atom. The van der Waals surface area contributed by atoms with Crippen LogP contribution in [0, 0.1) is 13.8 Å². The smallest absolute Gasteiger partial charge is 0.314 e. The zero-order valence-electron chi connectivity index (χ0n) is 13.8. The average Bonchev–Trinajstić information content (AvgIpc) is 2.46. The molecule has 0 unspecified atom stereocenters. The van der Waals surface area contributed by atoms with Gasteiger partial charge >= 0.3 is 11.8 Å². The van der Waals surface area contributed by atoms with Crippen LogP contribution in [0.25, 0.3) is 0 Å². The van der Waals surface area contributed by atoms with E-state index in [2.05, 4.69) is 10.6 Å². The quantitative estimate of drug-likeness (QED) is 0.857. The van der Waals surface area contributed by atoms with Gasteiger partial charge in [0.25, 0.3) is 0 Å². The lowest BCUT2D eigenvalue weighted by Gasteiger charge is -2.14. The zero-order chi connectivity index (χ0) is 17.0. The summed E-state index contributed by atoms with van der Waals surface area (Å²) in [4.78, 5) is 26.0. The fourth-order valence-electron chi connectivity index (χ4n) is 2.28. The molecule has 2 aromatic rings. The monoisotopic (exact) mass is 311 g/mol. The van der Waals surface area contributed by atoms with Crippen LogP contribution < -0.4 is 15.5 Å². The van der Waals surface area contributed by atoms with Gasteiger partial charge in [-0.25, -0.2) is 0 Å². The molecule has 2 rings (SSSR count). The third-order valence-electron chi connectivity index (χ3n) is 3.31. The summed E-state index contributed by atoms with van der Waals surface area (Å²) >= 11 is 0. The van der Waals surface area contributed by atoms with Crippen molar-refractivity contribution in [3.8, 4) is 0 Å². The highest BCUT2D eigenvalue weighted by Gasteiger charge is 2.14. The molecule has 0 fully saturated rings. The lowest BCUT2D eigenvalue weighted by molar-refractivity contribution is -0.132. The van der Waals surface area contributed by atoms with Crippen molar-refractivity contribution >= 4 is 28.9 Å². The lowest BCUT2D eigenvalue weighted by atomic mass is 10.1. The maximum atomic E-state index is 12.0. The Kier molecular flexibility index (Phi) is 5.01. The van der Waals surface area contributed by atoms with E-state index >= 15 is 0 Å². The molecule has 5 nitrogen and oxygen atoms in total. The molecular formula is C18H21N3O2. The van der Waals surface area contributed by atoms with Gasteiger partial charge in [-0.05, 0) is 55.3 Å². The fraction of sp³-hybridized carbons (Fsp3) is 0.222. The molecule has 0 aliphatic carbocycles. The number of rotatable bonds is 3. The van der Waals surface area contributed by atoms with Gasteiger partial charge < -0.3 is 15.5 Å². The molecule has 2 amide bonds. The highest BCUT2D eigenvalue weighted by molar-refractivity contribution is 6.43. The Balaban J connectivity index is 2.05. The Morgan fingerprint density at radius 2 is 1.39 bits per heavy atom. The number of hydrogen-bond acceptors (Lipinski definition) is 3. The maximum absolute atomic E-state index is 12.0. The van der Waals surface area contributed by atoms with Crippen LogP contribution in [0.3, 0.4) is 0 Å². The van der Waals surface area contributed by atoms with Crippen molar-refractivity contribution in [2.75, 3.05) is 29.6 Å². The normalized spacial score (nSPS) is 10.1. The molecule has 120 valence electrons. The average molecular weight is 311 g/mol. The van der Waals surface area contributed by atoms with E-state index in [9.17, 15) is 9.59 Å². The van der Waals surface area contributed by atoms with Crippen molar-refractivity contribution in [3.05, 3.63) is 53.6 Å². The van der Waals surface area contributed by atoms with Crippen molar-refractivity contribution < 1.29 is 9.59 Å². The standard InChI is InChI=1S/C18H21N3O2/c1-12-8-13(2)10-15(9-12)20-18(23)17(22)19-14-6-5-7-16(11-14)21(3)4/h5-11H,1-4H3,(H,19,22)(H,20,23). The van der Waals surface area contributed by atoms with Crippen molar-refractivity contribution in [3.63, 3.8) is 0 Å². The summed E-state index contributed by atoms with van der Waals surface area (Å²) in [5, 5.41) is 5.23. The molecule has 0 heterocycles. The van der Waals surface area contributed by atoms with E-state index in [0.29, 0.717) is 11.4 Å². The fourth-order valence-corrected chi connectivity index (χ4v) is 2.28. The van der Waals surface area contributed by atoms with Gasteiger partial charge in [-0.3, -0.25) is 9.59 Å². The van der Waals surface area contributed by atoms with E-state index in [1.807, 2.05) is 69.2 Å². The molecule has 5 heteroatoms. The van der Waals surface area contributed by atoms with Crippen LogP contribution in [0.15, 0.2) is 42.5 Å². The first-order valence-corrected chi connectivity index (χ1v) is 7.33. The Morgan fingerprint density at radius 3 is 1.96 bits per heavy atom. The lowest BCUT2D eigenvalue weighted by Crippen LogP contribution is -2.29. The Labute approximate surface area is 136 Å². The molecule has 0 spiro atoms. The third kappa shape index (κ3) is 4.57. The van der Waals surface area contributed by atoms with Crippen LogP contribution in [0.2, 0.25) is 0 Å². The predicted molar refractivity (Wildman–Crippen MR) is 93.9 cm³/mol. The minimum atomic E-state index is -0.694. The molecule has 2 aromatic carbocycles. The molecule has 0 radical (unpaired) electrons. The molecule has 2 N–H and O–H groups in total. The van der Waals surface area contributed by atoms with E-state index < -0.39 is 11.8 Å². The number of nitrogens with zero attached hydrogens (tertiary/aromatic N) is 1. The summed E-state index contributed by atoms with van der Waals surface area (Å²) in [6, 6.07) is 13.0. The number of hydrogen-bond donors (Lipinski definition) is 2. The summed E-state index contributed by atoms with van der Waals surface area (Å²) < 4.78 is 0. The Bertz CT molecular complexity index is 719. The number of amides is 2. The van der Waals surface area contributed by atoms with Crippen LogP contribution in [0.1, 0.15) is 11.1 Å². The van der Waals surface area contributed by atoms with Crippen LogP contribution in [0.4, 0.5) is 17.1 Å².